The highest BCUT2D eigenvalue weighted by Crippen LogP contribution is 2.26. The van der Waals surface area contributed by atoms with Crippen molar-refractivity contribution in [2.75, 3.05) is 25.1 Å². The van der Waals surface area contributed by atoms with Crippen LogP contribution in [0.1, 0.15) is 33.7 Å². The predicted octanol–water partition coefficient (Wildman–Crippen LogP) is 4.33. The molecule has 43 heavy (non-hydrogen) atoms. The zero-order chi connectivity index (χ0) is 30.3. The molecule has 0 saturated carbocycles. The van der Waals surface area contributed by atoms with Crippen LogP contribution in [-0.2, 0) is 17.0 Å². The Morgan fingerprint density at radius 2 is 1.74 bits per heavy atom. The van der Waals surface area contributed by atoms with Gasteiger partial charge in [-0.05, 0) is 66.6 Å². The molecule has 0 unspecified atom stereocenters. The molecule has 0 aliphatic heterocycles. The number of aromatic nitrogens is 2. The van der Waals surface area contributed by atoms with E-state index in [1.54, 1.807) is 42.1 Å². The number of nitrogens with one attached hydrogen (secondary N) is 3. The van der Waals surface area contributed by atoms with Crippen LogP contribution in [-0.4, -0.2) is 46.6 Å². The quantitative estimate of drug-likeness (QED) is 0.0443. The molecule has 0 bridgehead atoms. The molecule has 0 radical (unpaired) electrons. The molecule has 0 aliphatic rings. The molecule has 2 aromatic carbocycles. The zero-order valence-electron chi connectivity index (χ0n) is 23.5. The summed E-state index contributed by atoms with van der Waals surface area (Å²) in [5.74, 6) is 6.64. The van der Waals surface area contributed by atoms with Crippen molar-refractivity contribution in [2.24, 2.45) is 5.84 Å². The number of rotatable bonds is 15. The highest BCUT2D eigenvalue weighted by atomic mass is 32.2. The van der Waals surface area contributed by atoms with Gasteiger partial charge in [0.2, 0.25) is 5.91 Å². The average molecular weight is 599 g/mol. The maximum Gasteiger partial charge on any atom is 0.252 e. The minimum atomic E-state index is -0.277. The van der Waals surface area contributed by atoms with Crippen LogP contribution >= 0.6 is 11.8 Å². The summed E-state index contributed by atoms with van der Waals surface area (Å²) in [7, 11) is 0. The summed E-state index contributed by atoms with van der Waals surface area (Å²) in [6.45, 7) is 1.24. The van der Waals surface area contributed by atoms with E-state index in [1.807, 2.05) is 42.5 Å². The van der Waals surface area contributed by atoms with Crippen molar-refractivity contribution in [1.29, 1.82) is 0 Å². The van der Waals surface area contributed by atoms with E-state index >= 15 is 0 Å². The summed E-state index contributed by atoms with van der Waals surface area (Å²) in [5.41, 5.74) is 5.39. The van der Waals surface area contributed by atoms with Gasteiger partial charge in [-0.25, -0.2) is 15.8 Å². The second-order valence-electron chi connectivity index (χ2n) is 9.36. The highest BCUT2D eigenvalue weighted by molar-refractivity contribution is 7.98. The number of phenols is 1. The molecule has 2 heterocycles. The van der Waals surface area contributed by atoms with Crippen LogP contribution in [0.25, 0.3) is 6.08 Å². The molecule has 6 N–H and O–H groups in total. The van der Waals surface area contributed by atoms with Gasteiger partial charge in [-0.15, -0.1) is 11.8 Å². The Morgan fingerprint density at radius 1 is 0.953 bits per heavy atom. The number of carbonyl (C=O) groups is 2. The molecular weight excluding hydrogens is 564 g/mol. The molecule has 4 aromatic rings. The van der Waals surface area contributed by atoms with Crippen LogP contribution in [0.3, 0.4) is 0 Å². The van der Waals surface area contributed by atoms with Crippen LogP contribution in [0.5, 0.6) is 11.5 Å². The van der Waals surface area contributed by atoms with Gasteiger partial charge in [-0.2, -0.15) is 0 Å². The molecule has 0 atom stereocenters. The Bertz CT molecular complexity index is 1500. The Kier molecular flexibility index (Phi) is 12.0. The Balaban J connectivity index is 1.30. The maximum absolute atomic E-state index is 12.5. The van der Waals surface area contributed by atoms with Gasteiger partial charge < -0.3 is 25.9 Å². The summed E-state index contributed by atoms with van der Waals surface area (Å²) in [5, 5.41) is 15.1. The molecule has 10 nitrogen and oxygen atoms in total. The van der Waals surface area contributed by atoms with Gasteiger partial charge in [0.15, 0.2) is 0 Å². The second kappa shape index (κ2) is 16.5. The molecule has 222 valence electrons. The summed E-state index contributed by atoms with van der Waals surface area (Å²) >= 11 is 1.60. The molecule has 0 spiro atoms. The highest BCUT2D eigenvalue weighted by Gasteiger charge is 2.08. The molecule has 0 aliphatic carbocycles. The number of carbonyl (C=O) groups excluding carboxylic acids is 2. The van der Waals surface area contributed by atoms with E-state index in [2.05, 4.69) is 33.2 Å². The van der Waals surface area contributed by atoms with Crippen LogP contribution < -0.4 is 26.6 Å². The third kappa shape index (κ3) is 10.5. The number of nitrogens with two attached hydrogens (primary N) is 1. The SMILES string of the molecule is NNc1ccc(C(=O)NCCCNC(=O)/C=C/c2nc(CSc3ccc(O)cc3)ccc2OCCc2ccccc2)cn1. The van der Waals surface area contributed by atoms with Gasteiger partial charge in [0.05, 0.1) is 17.9 Å². The Labute approximate surface area is 254 Å². The zero-order valence-corrected chi connectivity index (χ0v) is 24.3. The fraction of sp³-hybridized carbons (Fsp3) is 0.188. The van der Waals surface area contributed by atoms with E-state index in [4.69, 9.17) is 15.6 Å². The van der Waals surface area contributed by atoms with Gasteiger partial charge in [0, 0.05) is 42.4 Å². The lowest BCUT2D eigenvalue weighted by Crippen LogP contribution is -2.29. The first kappa shape index (κ1) is 31.1. The maximum atomic E-state index is 12.5. The number of hydrogen-bond donors (Lipinski definition) is 5. The van der Waals surface area contributed by atoms with E-state index < -0.39 is 0 Å². The van der Waals surface area contributed by atoms with Gasteiger partial charge in [-0.1, -0.05) is 30.3 Å². The monoisotopic (exact) mass is 598 g/mol. The summed E-state index contributed by atoms with van der Waals surface area (Å²) in [6.07, 6.45) is 5.81. The van der Waals surface area contributed by atoms with Crippen molar-refractivity contribution in [3.8, 4) is 11.5 Å². The number of anilines is 1. The molecule has 0 saturated heterocycles. The lowest BCUT2D eigenvalue weighted by Gasteiger charge is -2.11. The number of benzene rings is 2. The smallest absolute Gasteiger partial charge is 0.252 e. The number of amides is 2. The number of thioether (sulfide) groups is 1. The van der Waals surface area contributed by atoms with E-state index in [1.165, 1.54) is 17.8 Å². The topological polar surface area (TPSA) is 151 Å². The van der Waals surface area contributed by atoms with Crippen molar-refractivity contribution in [3.63, 3.8) is 0 Å². The van der Waals surface area contributed by atoms with Crippen molar-refractivity contribution >= 4 is 35.5 Å². The normalized spacial score (nSPS) is 10.8. The van der Waals surface area contributed by atoms with Crippen LogP contribution in [0.15, 0.2) is 96.0 Å². The number of aromatic hydroxyl groups is 1. The second-order valence-corrected chi connectivity index (χ2v) is 10.4. The number of phenolic OH excluding ortho intramolecular Hbond substituents is 1. The third-order valence-electron chi connectivity index (χ3n) is 6.16. The standard InChI is InChI=1S/C32H34N6O4S/c33-38-30-15-7-24(21-36-30)32(41)35-19-4-18-34-31(40)16-13-28-29(42-20-17-23-5-2-1-3-6-23)14-8-25(37-28)22-43-27-11-9-26(39)10-12-27/h1-3,5-16,21,39H,4,17-20,22,33H2,(H,34,40)(H,35,41)(H,36,38)/b16-13+. The van der Waals surface area contributed by atoms with Crippen LogP contribution in [0.4, 0.5) is 5.82 Å². The fourth-order valence-electron chi connectivity index (χ4n) is 3.88. The van der Waals surface area contributed by atoms with Crippen LogP contribution in [0, 0.1) is 0 Å². The van der Waals surface area contributed by atoms with E-state index in [0.29, 0.717) is 54.7 Å². The first-order chi connectivity index (χ1) is 21.0. The summed E-state index contributed by atoms with van der Waals surface area (Å²) in [6, 6.07) is 24.1. The van der Waals surface area contributed by atoms with E-state index in [-0.39, 0.29) is 17.6 Å². The first-order valence-corrected chi connectivity index (χ1v) is 14.7. The average Bonchev–Trinajstić information content (AvgIpc) is 3.04. The van der Waals surface area contributed by atoms with Gasteiger partial charge in [-0.3, -0.25) is 9.59 Å². The van der Waals surface area contributed by atoms with Crippen molar-refractivity contribution in [1.82, 2.24) is 20.6 Å². The molecule has 0 fully saturated rings. The number of hydrazine groups is 1. The van der Waals surface area contributed by atoms with Crippen LogP contribution in [0.2, 0.25) is 0 Å². The minimum Gasteiger partial charge on any atom is -0.508 e. The van der Waals surface area contributed by atoms with Gasteiger partial charge in [0.1, 0.15) is 23.0 Å². The Morgan fingerprint density at radius 3 is 2.49 bits per heavy atom. The fourth-order valence-corrected chi connectivity index (χ4v) is 4.68. The first-order valence-electron chi connectivity index (χ1n) is 13.8. The lowest BCUT2D eigenvalue weighted by molar-refractivity contribution is -0.116. The number of nitrogen functional groups attached to an aromatic ring is 1. The number of ether oxygens (including phenoxy) is 1. The predicted molar refractivity (Wildman–Crippen MR) is 169 cm³/mol. The minimum absolute atomic E-state index is 0.222. The third-order valence-corrected chi connectivity index (χ3v) is 7.21. The largest absolute Gasteiger partial charge is 0.508 e. The molecule has 2 amide bonds. The summed E-state index contributed by atoms with van der Waals surface area (Å²) < 4.78 is 6.05. The van der Waals surface area contributed by atoms with Crippen molar-refractivity contribution in [2.45, 2.75) is 23.5 Å². The van der Waals surface area contributed by atoms with Crippen molar-refractivity contribution in [3.05, 3.63) is 114 Å². The van der Waals surface area contributed by atoms with Crippen molar-refractivity contribution < 1.29 is 19.4 Å². The lowest BCUT2D eigenvalue weighted by atomic mass is 10.2. The number of nitrogens with zero attached hydrogens (tertiary/aromatic N) is 2. The molecule has 11 heteroatoms. The molecule has 2 aromatic heterocycles. The van der Waals surface area contributed by atoms with E-state index in [9.17, 15) is 14.7 Å². The van der Waals surface area contributed by atoms with Gasteiger partial charge in [0.25, 0.3) is 5.91 Å². The van der Waals surface area contributed by atoms with Gasteiger partial charge >= 0.3 is 0 Å². The molecule has 4 rings (SSSR count). The summed E-state index contributed by atoms with van der Waals surface area (Å²) in [4.78, 5) is 34.5. The molecular formula is C32H34N6O4S. The van der Waals surface area contributed by atoms with E-state index in [0.717, 1.165) is 17.0 Å². The number of pyridine rings is 2. The number of hydrogen-bond acceptors (Lipinski definition) is 9. The Hall–Kier alpha value is -4.87.